The van der Waals surface area contributed by atoms with Crippen LogP contribution < -0.4 is 0 Å². The van der Waals surface area contributed by atoms with Gasteiger partial charge in [0.05, 0.1) is 11.4 Å². The summed E-state index contributed by atoms with van der Waals surface area (Å²) in [6.45, 7) is 5.98. The summed E-state index contributed by atoms with van der Waals surface area (Å²) < 4.78 is 1.79. The van der Waals surface area contributed by atoms with Crippen molar-refractivity contribution >= 4 is 29.7 Å². The van der Waals surface area contributed by atoms with Gasteiger partial charge in [-0.2, -0.15) is 10.4 Å². The third-order valence-electron chi connectivity index (χ3n) is 5.94. The van der Waals surface area contributed by atoms with E-state index >= 15 is 0 Å². The van der Waals surface area contributed by atoms with Crippen LogP contribution in [0.15, 0.2) is 82.4 Å². The number of benzene rings is 2. The molecule has 1 aliphatic heterocycles. The topological polar surface area (TPSA) is 79.0 Å². The van der Waals surface area contributed by atoms with E-state index in [1.54, 1.807) is 17.7 Å². The maximum absolute atomic E-state index is 13.3. The number of para-hydroxylation sites is 1. The average Bonchev–Trinajstić information content (AvgIpc) is 3.33. The molecule has 0 bridgehead atoms. The van der Waals surface area contributed by atoms with Crippen molar-refractivity contribution in [3.05, 3.63) is 83.1 Å². The summed E-state index contributed by atoms with van der Waals surface area (Å²) in [5.41, 5.74) is 4.00. The molecule has 182 valence electrons. The molecule has 1 aliphatic rings. The molecule has 2 heterocycles. The molecule has 0 spiro atoms. The minimum absolute atomic E-state index is 0.00334. The summed E-state index contributed by atoms with van der Waals surface area (Å²) in [5.74, 6) is 0.142. The van der Waals surface area contributed by atoms with Crippen LogP contribution in [0.25, 0.3) is 23.0 Å². The molecular weight excluding hydrogens is 468 g/mol. The first kappa shape index (κ1) is 25.2. The van der Waals surface area contributed by atoms with Gasteiger partial charge in [-0.05, 0) is 61.4 Å². The summed E-state index contributed by atoms with van der Waals surface area (Å²) in [5, 5.41) is 14.5. The number of rotatable bonds is 8. The number of carbonyl (C=O) groups is 2. The van der Waals surface area contributed by atoms with E-state index in [9.17, 15) is 14.9 Å². The Kier molecular flexibility index (Phi) is 7.87. The zero-order chi connectivity index (χ0) is 25.7. The number of aromatic nitrogens is 2. The second-order valence-electron chi connectivity index (χ2n) is 8.52. The molecular formula is C29H28N4O2S. The summed E-state index contributed by atoms with van der Waals surface area (Å²) in [6, 6.07) is 20.0. The number of carbonyl (C=O) groups excluding carboxylic acids is 2. The number of nitrogens with zero attached hydrogens (tertiary/aromatic N) is 4. The molecule has 6 nitrogen and oxygen atoms in total. The smallest absolute Gasteiger partial charge is 0.271 e. The zero-order valence-electron chi connectivity index (χ0n) is 20.7. The Labute approximate surface area is 215 Å². The van der Waals surface area contributed by atoms with E-state index in [4.69, 9.17) is 5.10 Å². The SMILES string of the molecule is CCCSc1ccc(-c2nn(-c3ccccc3)cc2/C=C2/C(=O)N(CCC)C(=O)C(C#N)=C2C)cc1. The molecule has 0 radical (unpaired) electrons. The Morgan fingerprint density at radius 3 is 2.36 bits per heavy atom. The fraction of sp³-hybridized carbons (Fsp3) is 0.241. The van der Waals surface area contributed by atoms with E-state index in [1.807, 2.05) is 73.4 Å². The van der Waals surface area contributed by atoms with Crippen LogP contribution in [-0.4, -0.2) is 38.8 Å². The lowest BCUT2D eigenvalue weighted by atomic mass is 9.93. The predicted octanol–water partition coefficient (Wildman–Crippen LogP) is 6.04. The van der Waals surface area contributed by atoms with Gasteiger partial charge in [-0.25, -0.2) is 4.68 Å². The lowest BCUT2D eigenvalue weighted by Crippen LogP contribution is -2.43. The van der Waals surface area contributed by atoms with Crippen molar-refractivity contribution in [3.63, 3.8) is 0 Å². The molecule has 1 aromatic heterocycles. The normalized spacial score (nSPS) is 15.1. The average molecular weight is 497 g/mol. The van der Waals surface area contributed by atoms with Crippen LogP contribution in [0, 0.1) is 11.3 Å². The fourth-order valence-electron chi connectivity index (χ4n) is 4.07. The minimum Gasteiger partial charge on any atom is -0.274 e. The number of hydrogen-bond donors (Lipinski definition) is 0. The van der Waals surface area contributed by atoms with Crippen molar-refractivity contribution in [3.8, 4) is 23.0 Å². The van der Waals surface area contributed by atoms with Crippen molar-refractivity contribution in [1.82, 2.24) is 14.7 Å². The Morgan fingerprint density at radius 1 is 1.00 bits per heavy atom. The molecule has 0 saturated heterocycles. The summed E-state index contributed by atoms with van der Waals surface area (Å²) in [7, 11) is 0. The van der Waals surface area contributed by atoms with Crippen LogP contribution in [0.3, 0.4) is 0 Å². The fourth-order valence-corrected chi connectivity index (χ4v) is 4.84. The van der Waals surface area contributed by atoms with Crippen molar-refractivity contribution in [2.45, 2.75) is 38.5 Å². The highest BCUT2D eigenvalue weighted by Crippen LogP contribution is 2.32. The van der Waals surface area contributed by atoms with E-state index in [-0.39, 0.29) is 18.0 Å². The number of imide groups is 1. The van der Waals surface area contributed by atoms with E-state index in [2.05, 4.69) is 19.1 Å². The first-order valence-electron chi connectivity index (χ1n) is 12.1. The van der Waals surface area contributed by atoms with Crippen LogP contribution in [0.2, 0.25) is 0 Å². The van der Waals surface area contributed by atoms with Crippen molar-refractivity contribution in [1.29, 1.82) is 5.26 Å². The second-order valence-corrected chi connectivity index (χ2v) is 9.69. The van der Waals surface area contributed by atoms with Crippen molar-refractivity contribution in [2.24, 2.45) is 0 Å². The molecule has 2 amide bonds. The van der Waals surface area contributed by atoms with E-state index in [1.165, 1.54) is 9.80 Å². The highest BCUT2D eigenvalue weighted by molar-refractivity contribution is 7.99. The van der Waals surface area contributed by atoms with Gasteiger partial charge in [0.1, 0.15) is 11.6 Å². The van der Waals surface area contributed by atoms with Gasteiger partial charge >= 0.3 is 0 Å². The van der Waals surface area contributed by atoms with Gasteiger partial charge in [0.25, 0.3) is 11.8 Å². The van der Waals surface area contributed by atoms with Gasteiger partial charge in [0, 0.05) is 34.3 Å². The van der Waals surface area contributed by atoms with Gasteiger partial charge in [0.15, 0.2) is 0 Å². The van der Waals surface area contributed by atoms with Crippen LogP contribution in [0.4, 0.5) is 0 Å². The summed E-state index contributed by atoms with van der Waals surface area (Å²) in [4.78, 5) is 28.4. The number of hydrogen-bond acceptors (Lipinski definition) is 5. The third kappa shape index (κ3) is 5.05. The van der Waals surface area contributed by atoms with Crippen molar-refractivity contribution < 1.29 is 9.59 Å². The largest absolute Gasteiger partial charge is 0.274 e. The molecule has 0 aliphatic carbocycles. The van der Waals surface area contributed by atoms with Gasteiger partial charge in [-0.1, -0.05) is 44.2 Å². The monoisotopic (exact) mass is 496 g/mol. The summed E-state index contributed by atoms with van der Waals surface area (Å²) >= 11 is 1.81. The van der Waals surface area contributed by atoms with Crippen LogP contribution in [-0.2, 0) is 9.59 Å². The first-order valence-corrected chi connectivity index (χ1v) is 13.0. The molecule has 2 aromatic carbocycles. The molecule has 3 aromatic rings. The molecule has 0 unspecified atom stereocenters. The molecule has 0 fully saturated rings. The standard InChI is InChI=1S/C29H28N4O2S/c1-4-15-32-28(34)25(20(3)26(18-30)29(32)35)17-22-19-33(23-9-7-6-8-10-23)31-27(22)21-11-13-24(14-12-21)36-16-5-2/h6-14,17,19H,4-5,15-16H2,1-3H3/b25-17+. The van der Waals surface area contributed by atoms with Crippen LogP contribution in [0.1, 0.15) is 39.2 Å². The van der Waals surface area contributed by atoms with E-state index in [0.29, 0.717) is 17.6 Å². The highest BCUT2D eigenvalue weighted by Gasteiger charge is 2.35. The third-order valence-corrected chi connectivity index (χ3v) is 7.15. The Balaban J connectivity index is 1.86. The lowest BCUT2D eigenvalue weighted by Gasteiger charge is -2.27. The lowest BCUT2D eigenvalue weighted by molar-refractivity contribution is -0.140. The maximum Gasteiger partial charge on any atom is 0.271 e. The number of thioether (sulfide) groups is 1. The summed E-state index contributed by atoms with van der Waals surface area (Å²) in [6.07, 6.45) is 5.35. The van der Waals surface area contributed by atoms with E-state index in [0.717, 1.165) is 34.7 Å². The number of nitriles is 1. The zero-order valence-corrected chi connectivity index (χ0v) is 21.5. The quantitative estimate of drug-likeness (QED) is 0.216. The Hall–Kier alpha value is -3.89. The molecule has 4 rings (SSSR count). The molecule has 0 atom stereocenters. The van der Waals surface area contributed by atoms with Gasteiger partial charge in [-0.15, -0.1) is 11.8 Å². The van der Waals surface area contributed by atoms with Crippen LogP contribution >= 0.6 is 11.8 Å². The van der Waals surface area contributed by atoms with Crippen molar-refractivity contribution in [2.75, 3.05) is 12.3 Å². The van der Waals surface area contributed by atoms with Gasteiger partial charge in [-0.3, -0.25) is 14.5 Å². The molecule has 7 heteroatoms. The molecule has 36 heavy (non-hydrogen) atoms. The van der Waals surface area contributed by atoms with Gasteiger partial charge < -0.3 is 0 Å². The number of amides is 2. The Bertz CT molecular complexity index is 1380. The minimum atomic E-state index is -0.528. The molecule has 0 saturated carbocycles. The molecule has 0 N–H and O–H groups in total. The van der Waals surface area contributed by atoms with Gasteiger partial charge in [0.2, 0.25) is 0 Å². The first-order chi connectivity index (χ1) is 17.5. The Morgan fingerprint density at radius 2 is 1.72 bits per heavy atom. The maximum atomic E-state index is 13.3. The van der Waals surface area contributed by atoms with E-state index < -0.39 is 5.91 Å². The second kappa shape index (κ2) is 11.2. The van der Waals surface area contributed by atoms with Crippen LogP contribution in [0.5, 0.6) is 0 Å². The highest BCUT2D eigenvalue weighted by atomic mass is 32.2. The predicted molar refractivity (Wildman–Crippen MR) is 143 cm³/mol.